The number of para-hydroxylation sites is 1. The number of carbonyl (C=O) groups is 3. The maximum absolute atomic E-state index is 15.2. The molecule has 3 N–H and O–H groups in total. The van der Waals surface area contributed by atoms with Crippen molar-refractivity contribution in [3.63, 3.8) is 0 Å². The van der Waals surface area contributed by atoms with Gasteiger partial charge in [0, 0.05) is 88.0 Å². The molecule has 384 valence electrons. The number of piperazine rings is 1. The Bertz CT molecular complexity index is 3220. The van der Waals surface area contributed by atoms with Gasteiger partial charge >= 0.3 is 18.2 Å². The highest BCUT2D eigenvalue weighted by Gasteiger charge is 2.40. The molecule has 0 spiro atoms. The zero-order valence-electron chi connectivity index (χ0n) is 41.0. The summed E-state index contributed by atoms with van der Waals surface area (Å²) in [4.78, 5) is 54.7. The van der Waals surface area contributed by atoms with E-state index in [9.17, 15) is 19.5 Å². The number of benzene rings is 4. The standard InChI is InChI=1S/C55H57F3N10O5S/c1-64-44-31-37(16-19-41(44)51(63-64)68-26-23-48(69)62-54(68)72)66-29-27-65(28-30-66)24-6-7-34-14-17-38(18-15-34)73-45-12-5-10-39(49(45)55(56,57)58)40-20-21-47(61-50(40)52(70)71)67-25-22-35-8-4-9-36(42(35)33-67)32-59-53-60-43-11-2-3-13-46(43)74-53/h2-5,8-13,16,19-21,31,34,38H,6-7,14-15,17-18,22-30,32-33H2,1H3,(H,59,60)(H,70,71)(H,62,69,72)/t34-,38-. The van der Waals surface area contributed by atoms with Crippen LogP contribution in [0, 0.1) is 5.92 Å². The number of thiazole rings is 1. The molecule has 0 atom stereocenters. The minimum Gasteiger partial charge on any atom is -0.490 e. The topological polar surface area (TPSA) is 161 Å². The second-order valence-corrected chi connectivity index (χ2v) is 20.8. The first-order valence-electron chi connectivity index (χ1n) is 25.4. The Hall–Kier alpha value is -7.25. The number of carboxylic acids is 1. The van der Waals surface area contributed by atoms with Gasteiger partial charge in [0.05, 0.1) is 21.8 Å². The van der Waals surface area contributed by atoms with Crippen molar-refractivity contribution >= 4 is 72.8 Å². The third-order valence-corrected chi connectivity index (χ3v) is 16.1. The minimum absolute atomic E-state index is 0.117. The number of nitrogens with zero attached hydrogens (tertiary/aromatic N) is 8. The van der Waals surface area contributed by atoms with Crippen LogP contribution in [-0.4, -0.2) is 99.6 Å². The molecule has 4 aliphatic rings. The van der Waals surface area contributed by atoms with E-state index in [1.807, 2.05) is 48.3 Å². The van der Waals surface area contributed by atoms with Crippen LogP contribution in [0.4, 0.5) is 40.4 Å². The van der Waals surface area contributed by atoms with Crippen LogP contribution in [0.1, 0.15) is 77.7 Å². The molecule has 3 aromatic heterocycles. The largest absolute Gasteiger partial charge is 0.490 e. The second kappa shape index (κ2) is 20.6. The minimum atomic E-state index is -4.83. The van der Waals surface area contributed by atoms with Gasteiger partial charge in [0.1, 0.15) is 17.1 Å². The average Bonchev–Trinajstić information content (AvgIpc) is 3.97. The lowest BCUT2D eigenvalue weighted by atomic mass is 9.84. The number of aryl methyl sites for hydroxylation is 1. The van der Waals surface area contributed by atoms with E-state index < -0.39 is 35.5 Å². The van der Waals surface area contributed by atoms with Crippen molar-refractivity contribution in [1.29, 1.82) is 0 Å². The number of rotatable bonds is 14. The lowest BCUT2D eigenvalue weighted by Gasteiger charge is -2.36. The van der Waals surface area contributed by atoms with E-state index in [1.165, 1.54) is 34.7 Å². The molecule has 19 heteroatoms. The van der Waals surface area contributed by atoms with Gasteiger partial charge in [-0.1, -0.05) is 53.8 Å². The van der Waals surface area contributed by atoms with Gasteiger partial charge < -0.3 is 25.0 Å². The Morgan fingerprint density at radius 3 is 2.46 bits per heavy atom. The zero-order chi connectivity index (χ0) is 51.1. The van der Waals surface area contributed by atoms with Crippen LogP contribution in [0.2, 0.25) is 0 Å². The SMILES string of the molecule is Cn1nc(N2CCC(=O)NC2=O)c2ccc(N3CCN(CCC[C@H]4CC[C@H](Oc5cccc(-c6ccc(N7CCc8cccc(CNc9nc%10ccccc%10s9)c8C7)nc6C(=O)O)c5C(F)(F)F)CC4)CC3)cc21. The highest BCUT2D eigenvalue weighted by molar-refractivity contribution is 7.22. The molecular formula is C55H57F3N10O5S. The summed E-state index contributed by atoms with van der Waals surface area (Å²) in [5, 5.41) is 22.6. The number of amides is 3. The van der Waals surface area contributed by atoms with Crippen LogP contribution in [-0.2, 0) is 37.5 Å². The fraction of sp³-hybridized carbons (Fsp3) is 0.382. The molecule has 4 aromatic carbocycles. The van der Waals surface area contributed by atoms with E-state index in [0.29, 0.717) is 56.5 Å². The van der Waals surface area contributed by atoms with Crippen molar-refractivity contribution in [2.45, 2.75) is 76.7 Å². The van der Waals surface area contributed by atoms with Crippen LogP contribution in [0.25, 0.3) is 32.2 Å². The first-order chi connectivity index (χ1) is 35.8. The number of nitrogens with one attached hydrogen (secondary N) is 2. The molecule has 3 aliphatic heterocycles. The number of carbonyl (C=O) groups excluding carboxylic acids is 2. The molecular weight excluding hydrogens is 970 g/mol. The van der Waals surface area contributed by atoms with Gasteiger partial charge in [-0.2, -0.15) is 18.3 Å². The summed E-state index contributed by atoms with van der Waals surface area (Å²) in [6, 6.07) is 27.1. The van der Waals surface area contributed by atoms with Gasteiger partial charge in [-0.3, -0.25) is 24.6 Å². The van der Waals surface area contributed by atoms with Crippen LogP contribution in [0.5, 0.6) is 5.75 Å². The number of fused-ring (bicyclic) bond motifs is 3. The Morgan fingerprint density at radius 1 is 0.865 bits per heavy atom. The second-order valence-electron chi connectivity index (χ2n) is 19.7. The highest BCUT2D eigenvalue weighted by Crippen LogP contribution is 2.45. The van der Waals surface area contributed by atoms with E-state index in [-0.39, 0.29) is 35.7 Å². The molecule has 11 rings (SSSR count). The Labute approximate surface area is 429 Å². The smallest absolute Gasteiger partial charge is 0.420 e. The van der Waals surface area contributed by atoms with Crippen molar-refractivity contribution in [2.75, 3.05) is 65.8 Å². The Balaban J connectivity index is 0.687. The molecule has 0 unspecified atom stereocenters. The summed E-state index contributed by atoms with van der Waals surface area (Å²) in [7, 11) is 1.86. The average molecular weight is 1030 g/mol. The van der Waals surface area contributed by atoms with Gasteiger partial charge in [-0.25, -0.2) is 19.6 Å². The lowest BCUT2D eigenvalue weighted by Crippen LogP contribution is -2.49. The quantitative estimate of drug-likeness (QED) is 0.0947. The predicted molar refractivity (Wildman–Crippen MR) is 280 cm³/mol. The Kier molecular flexibility index (Phi) is 13.6. The molecule has 0 bridgehead atoms. The molecule has 74 heavy (non-hydrogen) atoms. The monoisotopic (exact) mass is 1030 g/mol. The predicted octanol–water partition coefficient (Wildman–Crippen LogP) is 10.1. The van der Waals surface area contributed by atoms with E-state index >= 15 is 13.2 Å². The number of hydrogen-bond acceptors (Lipinski definition) is 12. The summed E-state index contributed by atoms with van der Waals surface area (Å²) in [6.45, 7) is 6.42. The molecule has 1 aliphatic carbocycles. The van der Waals surface area contributed by atoms with Crippen LogP contribution >= 0.6 is 11.3 Å². The summed E-state index contributed by atoms with van der Waals surface area (Å²) in [6.07, 6.45) is 0.743. The molecule has 7 aromatic rings. The van der Waals surface area contributed by atoms with Gasteiger partial charge in [-0.15, -0.1) is 0 Å². The van der Waals surface area contributed by atoms with Crippen LogP contribution < -0.4 is 30.1 Å². The van der Waals surface area contributed by atoms with Crippen LogP contribution in [0.3, 0.4) is 0 Å². The molecule has 0 radical (unpaired) electrons. The van der Waals surface area contributed by atoms with Gasteiger partial charge in [0.15, 0.2) is 16.6 Å². The van der Waals surface area contributed by atoms with Gasteiger partial charge in [0.25, 0.3) is 0 Å². The van der Waals surface area contributed by atoms with Crippen molar-refractivity contribution < 1.29 is 37.4 Å². The number of halogens is 3. The lowest BCUT2D eigenvalue weighted by molar-refractivity contribution is -0.139. The summed E-state index contributed by atoms with van der Waals surface area (Å²) in [5.41, 5.74) is 4.46. The molecule has 15 nitrogen and oxygen atoms in total. The summed E-state index contributed by atoms with van der Waals surface area (Å²) in [5.74, 6) is -0.615. The number of anilines is 4. The molecule has 3 fully saturated rings. The van der Waals surface area contributed by atoms with Gasteiger partial charge in [0.2, 0.25) is 5.91 Å². The van der Waals surface area contributed by atoms with Crippen molar-refractivity contribution in [2.24, 2.45) is 13.0 Å². The Morgan fingerprint density at radius 2 is 1.68 bits per heavy atom. The number of alkyl halides is 3. The molecule has 2 saturated heterocycles. The summed E-state index contributed by atoms with van der Waals surface area (Å²) >= 11 is 1.59. The fourth-order valence-corrected chi connectivity index (χ4v) is 12.1. The number of ether oxygens (including phenoxy) is 1. The first kappa shape index (κ1) is 49.0. The van der Waals surface area contributed by atoms with E-state index in [2.05, 4.69) is 54.8 Å². The van der Waals surface area contributed by atoms with E-state index in [4.69, 9.17) is 9.72 Å². The third-order valence-electron chi connectivity index (χ3n) is 15.1. The van der Waals surface area contributed by atoms with E-state index in [0.717, 1.165) is 101 Å². The van der Waals surface area contributed by atoms with Crippen molar-refractivity contribution in [1.82, 2.24) is 30.0 Å². The zero-order valence-corrected chi connectivity index (χ0v) is 41.9. The molecule has 1 saturated carbocycles. The molecule has 6 heterocycles. The number of carboxylic acid groups (broad SMARTS) is 1. The maximum atomic E-state index is 15.2. The normalized spacial score (nSPS) is 18.7. The highest BCUT2D eigenvalue weighted by atomic mass is 32.1. The number of pyridine rings is 1. The third kappa shape index (κ3) is 10.2. The molecule has 3 amide bonds. The number of hydrogen-bond donors (Lipinski definition) is 3. The maximum Gasteiger partial charge on any atom is 0.420 e. The van der Waals surface area contributed by atoms with Crippen molar-refractivity contribution in [3.05, 3.63) is 119 Å². The van der Waals surface area contributed by atoms with Gasteiger partial charge in [-0.05, 0) is 123 Å². The van der Waals surface area contributed by atoms with Crippen LogP contribution in [0.15, 0.2) is 91.0 Å². The number of aromatic carboxylic acids is 1. The van der Waals surface area contributed by atoms with E-state index in [1.54, 1.807) is 22.1 Å². The number of imide groups is 1. The first-order valence-corrected chi connectivity index (χ1v) is 26.3. The fourth-order valence-electron chi connectivity index (χ4n) is 11.2. The summed E-state index contributed by atoms with van der Waals surface area (Å²) < 4.78 is 54.6. The van der Waals surface area contributed by atoms with Crippen molar-refractivity contribution in [3.8, 4) is 16.9 Å². The number of urea groups is 1. The number of aromatic nitrogens is 4.